The largest absolute Gasteiger partial charge is 0.490 e. The van der Waals surface area contributed by atoms with E-state index in [1.807, 2.05) is 11.9 Å². The average molecular weight is 433 g/mol. The molecule has 31 heavy (non-hydrogen) atoms. The van der Waals surface area contributed by atoms with Crippen molar-refractivity contribution in [3.05, 3.63) is 64.5 Å². The summed E-state index contributed by atoms with van der Waals surface area (Å²) in [5.74, 6) is 0.618. The number of benzene rings is 2. The highest BCUT2D eigenvalue weighted by atomic mass is 19.3. The third-order valence-corrected chi connectivity index (χ3v) is 4.21. The molecular formula is C20H21F2N5O4. The summed E-state index contributed by atoms with van der Waals surface area (Å²) in [7, 11) is 1.86. The van der Waals surface area contributed by atoms with Crippen LogP contribution in [0.5, 0.6) is 11.5 Å². The smallest absolute Gasteiger partial charge is 0.387 e. The van der Waals surface area contributed by atoms with Crippen molar-refractivity contribution < 1.29 is 23.2 Å². The van der Waals surface area contributed by atoms with Gasteiger partial charge in [-0.3, -0.25) is 15.0 Å². The molecule has 164 valence electrons. The van der Waals surface area contributed by atoms with Gasteiger partial charge >= 0.3 is 6.61 Å². The van der Waals surface area contributed by atoms with E-state index < -0.39 is 11.5 Å². The molecule has 0 atom stereocenters. The van der Waals surface area contributed by atoms with Crippen LogP contribution in [0.4, 0.5) is 14.5 Å². The fraction of sp³-hybridized carbons (Fsp3) is 0.300. The van der Waals surface area contributed by atoms with Gasteiger partial charge in [-0.15, -0.1) is 5.10 Å². The maximum absolute atomic E-state index is 12.5. The molecule has 0 saturated heterocycles. The quantitative estimate of drug-likeness (QED) is 0.353. The van der Waals surface area contributed by atoms with Crippen LogP contribution in [-0.2, 0) is 13.2 Å². The Kier molecular flexibility index (Phi) is 7.08. The van der Waals surface area contributed by atoms with Crippen molar-refractivity contribution in [2.75, 3.05) is 13.7 Å². The molecule has 0 aliphatic rings. The number of aromatic nitrogens is 3. The van der Waals surface area contributed by atoms with Gasteiger partial charge in [0, 0.05) is 24.2 Å². The summed E-state index contributed by atoms with van der Waals surface area (Å²) in [5, 5.41) is 15.3. The Hall–Kier alpha value is -3.60. The second kappa shape index (κ2) is 9.94. The molecule has 0 fully saturated rings. The van der Waals surface area contributed by atoms with Crippen molar-refractivity contribution in [1.29, 1.82) is 0 Å². The molecule has 0 spiro atoms. The monoisotopic (exact) mass is 433 g/mol. The van der Waals surface area contributed by atoms with Crippen molar-refractivity contribution in [2.45, 2.75) is 26.7 Å². The molecule has 0 bridgehead atoms. The summed E-state index contributed by atoms with van der Waals surface area (Å²) in [6, 6.07) is 10.9. The van der Waals surface area contributed by atoms with Crippen LogP contribution >= 0.6 is 0 Å². The van der Waals surface area contributed by atoms with Crippen molar-refractivity contribution in [3.8, 4) is 22.9 Å². The first-order valence-corrected chi connectivity index (χ1v) is 9.39. The van der Waals surface area contributed by atoms with E-state index in [0.29, 0.717) is 31.2 Å². The number of non-ortho nitro benzene ring substituents is 1. The lowest BCUT2D eigenvalue weighted by Crippen LogP contribution is -2.22. The van der Waals surface area contributed by atoms with Crippen LogP contribution in [-0.4, -0.2) is 44.9 Å². The SMILES string of the molecule is CCOc1cc(CN(C)Cn2cnc(-c3cccc([N+](=O)[O-])c3)n2)ccc1OC(F)F. The normalized spacial score (nSPS) is 11.2. The first-order chi connectivity index (χ1) is 14.9. The summed E-state index contributed by atoms with van der Waals surface area (Å²) in [5.41, 5.74) is 1.36. The molecule has 0 aliphatic carbocycles. The van der Waals surface area contributed by atoms with Crippen LogP contribution in [0.1, 0.15) is 12.5 Å². The molecule has 0 N–H and O–H groups in total. The number of hydrogen-bond acceptors (Lipinski definition) is 7. The molecule has 9 nitrogen and oxygen atoms in total. The third kappa shape index (κ3) is 5.95. The molecule has 0 unspecified atom stereocenters. The van der Waals surface area contributed by atoms with Crippen LogP contribution in [0.3, 0.4) is 0 Å². The summed E-state index contributed by atoms with van der Waals surface area (Å²) < 4.78 is 36.6. The third-order valence-electron chi connectivity index (χ3n) is 4.21. The van der Waals surface area contributed by atoms with Crippen molar-refractivity contribution >= 4 is 5.69 Å². The predicted molar refractivity (Wildman–Crippen MR) is 108 cm³/mol. The number of rotatable bonds is 10. The Labute approximate surface area is 177 Å². The Morgan fingerprint density at radius 3 is 2.74 bits per heavy atom. The Morgan fingerprint density at radius 2 is 2.03 bits per heavy atom. The van der Waals surface area contributed by atoms with Gasteiger partial charge < -0.3 is 9.47 Å². The van der Waals surface area contributed by atoms with Crippen molar-refractivity contribution in [2.24, 2.45) is 0 Å². The second-order valence-electron chi connectivity index (χ2n) is 6.66. The molecule has 3 aromatic rings. The average Bonchev–Trinajstić information content (AvgIpc) is 3.18. The van der Waals surface area contributed by atoms with Gasteiger partial charge in [-0.2, -0.15) is 8.78 Å². The Balaban J connectivity index is 1.67. The van der Waals surface area contributed by atoms with E-state index >= 15 is 0 Å². The van der Waals surface area contributed by atoms with E-state index in [1.54, 1.807) is 35.9 Å². The number of alkyl halides is 2. The molecule has 0 aliphatic heterocycles. The molecule has 0 amide bonds. The number of nitrogens with zero attached hydrogens (tertiary/aromatic N) is 5. The fourth-order valence-electron chi connectivity index (χ4n) is 2.98. The molecule has 0 saturated carbocycles. The van der Waals surface area contributed by atoms with Gasteiger partial charge in [0.2, 0.25) is 0 Å². The van der Waals surface area contributed by atoms with Gasteiger partial charge in [-0.25, -0.2) is 9.67 Å². The standard InChI is InChI=1S/C20H21F2N5O4/c1-3-30-18-9-14(7-8-17(18)31-20(21)22)11-25(2)13-26-12-23-19(24-26)15-5-4-6-16(10-15)27(28)29/h4-10,12,20H,3,11,13H2,1-2H3. The van der Waals surface area contributed by atoms with E-state index in [4.69, 9.17) is 4.74 Å². The minimum atomic E-state index is -2.93. The highest BCUT2D eigenvalue weighted by Crippen LogP contribution is 2.30. The summed E-state index contributed by atoms with van der Waals surface area (Å²) in [6.45, 7) is 0.0232. The summed E-state index contributed by atoms with van der Waals surface area (Å²) in [6.07, 6.45) is 1.54. The van der Waals surface area contributed by atoms with Gasteiger partial charge in [0.1, 0.15) is 6.33 Å². The van der Waals surface area contributed by atoms with Gasteiger partial charge in [0.15, 0.2) is 17.3 Å². The summed E-state index contributed by atoms with van der Waals surface area (Å²) >= 11 is 0. The molecule has 1 heterocycles. The number of nitro groups is 1. The fourth-order valence-corrected chi connectivity index (χ4v) is 2.98. The van der Waals surface area contributed by atoms with Gasteiger partial charge in [-0.1, -0.05) is 18.2 Å². The lowest BCUT2D eigenvalue weighted by molar-refractivity contribution is -0.384. The minimum Gasteiger partial charge on any atom is -0.490 e. The molecule has 0 radical (unpaired) electrons. The van der Waals surface area contributed by atoms with Gasteiger partial charge in [0.25, 0.3) is 5.69 Å². The van der Waals surface area contributed by atoms with Crippen LogP contribution in [0.15, 0.2) is 48.8 Å². The zero-order valence-electron chi connectivity index (χ0n) is 16.9. The Morgan fingerprint density at radius 1 is 1.23 bits per heavy atom. The van der Waals surface area contributed by atoms with E-state index in [-0.39, 0.29) is 17.2 Å². The summed E-state index contributed by atoms with van der Waals surface area (Å²) in [4.78, 5) is 16.6. The zero-order chi connectivity index (χ0) is 22.4. The second-order valence-corrected chi connectivity index (χ2v) is 6.66. The van der Waals surface area contributed by atoms with Crippen LogP contribution in [0.2, 0.25) is 0 Å². The topological polar surface area (TPSA) is 95.5 Å². The van der Waals surface area contributed by atoms with Crippen LogP contribution in [0.25, 0.3) is 11.4 Å². The van der Waals surface area contributed by atoms with E-state index in [9.17, 15) is 18.9 Å². The number of nitro benzene ring substituents is 1. The predicted octanol–water partition coefficient (Wildman–Crippen LogP) is 3.94. The Bertz CT molecular complexity index is 1040. The maximum Gasteiger partial charge on any atom is 0.387 e. The highest BCUT2D eigenvalue weighted by Gasteiger charge is 2.14. The van der Waals surface area contributed by atoms with E-state index in [2.05, 4.69) is 14.8 Å². The molecular weight excluding hydrogens is 412 g/mol. The number of ether oxygens (including phenoxy) is 2. The van der Waals surface area contributed by atoms with Gasteiger partial charge in [0.05, 0.1) is 18.2 Å². The molecule has 11 heteroatoms. The molecule has 1 aromatic heterocycles. The zero-order valence-corrected chi connectivity index (χ0v) is 16.9. The highest BCUT2D eigenvalue weighted by molar-refractivity contribution is 5.58. The lowest BCUT2D eigenvalue weighted by Gasteiger charge is -2.18. The first-order valence-electron chi connectivity index (χ1n) is 9.39. The minimum absolute atomic E-state index is 0.0128. The van der Waals surface area contributed by atoms with Gasteiger partial charge in [-0.05, 0) is 31.7 Å². The number of hydrogen-bond donors (Lipinski definition) is 0. The number of halogens is 2. The lowest BCUT2D eigenvalue weighted by atomic mass is 10.2. The van der Waals surface area contributed by atoms with E-state index in [0.717, 1.165) is 5.56 Å². The molecule has 3 rings (SSSR count). The van der Waals surface area contributed by atoms with Crippen molar-refractivity contribution in [1.82, 2.24) is 19.7 Å². The van der Waals surface area contributed by atoms with E-state index in [1.165, 1.54) is 24.5 Å². The maximum atomic E-state index is 12.5. The molecule has 2 aromatic carbocycles. The van der Waals surface area contributed by atoms with Crippen molar-refractivity contribution in [3.63, 3.8) is 0 Å². The van der Waals surface area contributed by atoms with Crippen LogP contribution in [0, 0.1) is 10.1 Å². The first kappa shape index (κ1) is 22.1. The van der Waals surface area contributed by atoms with Crippen LogP contribution < -0.4 is 9.47 Å².